The predicted molar refractivity (Wildman–Crippen MR) is 79.2 cm³/mol. The molecule has 0 bridgehead atoms. The Morgan fingerprint density at radius 1 is 1.30 bits per heavy atom. The zero-order valence-electron chi connectivity index (χ0n) is 12.2. The van der Waals surface area contributed by atoms with Crippen molar-refractivity contribution in [1.82, 2.24) is 5.32 Å². The first kappa shape index (κ1) is 14.8. The quantitative estimate of drug-likeness (QED) is 0.886. The number of nitrogens with one attached hydrogen (secondary N) is 2. The maximum Gasteiger partial charge on any atom is 0.242 e. The van der Waals surface area contributed by atoms with E-state index in [1.807, 2.05) is 6.92 Å². The van der Waals surface area contributed by atoms with Crippen molar-refractivity contribution in [2.45, 2.75) is 58.0 Å². The average molecular weight is 278 g/mol. The van der Waals surface area contributed by atoms with Crippen molar-refractivity contribution < 1.29 is 9.18 Å². The van der Waals surface area contributed by atoms with E-state index in [1.165, 1.54) is 25.3 Å². The number of hydrogen-bond acceptors (Lipinski definition) is 2. The van der Waals surface area contributed by atoms with Crippen molar-refractivity contribution >= 4 is 11.6 Å². The summed E-state index contributed by atoms with van der Waals surface area (Å²) in [5, 5.41) is 6.17. The third kappa shape index (κ3) is 3.71. The molecule has 4 heteroatoms. The second-order valence-electron chi connectivity index (χ2n) is 5.62. The van der Waals surface area contributed by atoms with Gasteiger partial charge in [0.15, 0.2) is 0 Å². The van der Waals surface area contributed by atoms with Gasteiger partial charge in [0.1, 0.15) is 11.9 Å². The van der Waals surface area contributed by atoms with Crippen molar-refractivity contribution in [1.29, 1.82) is 0 Å². The van der Waals surface area contributed by atoms with Gasteiger partial charge in [0.05, 0.1) is 0 Å². The maximum atomic E-state index is 13.5. The minimum Gasteiger partial charge on any atom is -0.374 e. The zero-order chi connectivity index (χ0) is 14.5. The van der Waals surface area contributed by atoms with Crippen LogP contribution in [-0.4, -0.2) is 18.0 Å². The van der Waals surface area contributed by atoms with Crippen LogP contribution in [0.4, 0.5) is 10.1 Å². The van der Waals surface area contributed by atoms with Crippen molar-refractivity contribution in [2.24, 2.45) is 0 Å². The Morgan fingerprint density at radius 3 is 2.70 bits per heavy atom. The molecule has 1 fully saturated rings. The van der Waals surface area contributed by atoms with Gasteiger partial charge in [-0.2, -0.15) is 0 Å². The highest BCUT2D eigenvalue weighted by Gasteiger charge is 2.20. The lowest BCUT2D eigenvalue weighted by Gasteiger charge is -2.25. The molecule has 1 atom stereocenters. The van der Waals surface area contributed by atoms with Crippen LogP contribution in [0.1, 0.15) is 44.6 Å². The van der Waals surface area contributed by atoms with Crippen LogP contribution < -0.4 is 10.6 Å². The van der Waals surface area contributed by atoms with Crippen LogP contribution in [0.5, 0.6) is 0 Å². The summed E-state index contributed by atoms with van der Waals surface area (Å²) in [4.78, 5) is 12.1. The molecule has 2 rings (SSSR count). The maximum absolute atomic E-state index is 13.5. The Balaban J connectivity index is 1.91. The molecule has 1 aromatic rings. The zero-order valence-corrected chi connectivity index (χ0v) is 12.2. The number of anilines is 1. The molecule has 0 aromatic heterocycles. The van der Waals surface area contributed by atoms with E-state index in [-0.39, 0.29) is 17.8 Å². The molecule has 110 valence electrons. The van der Waals surface area contributed by atoms with E-state index in [0.29, 0.717) is 17.3 Å². The summed E-state index contributed by atoms with van der Waals surface area (Å²) in [6.45, 7) is 3.52. The van der Waals surface area contributed by atoms with Gasteiger partial charge in [0.2, 0.25) is 5.91 Å². The summed E-state index contributed by atoms with van der Waals surface area (Å²) in [5.74, 6) is -0.268. The Hall–Kier alpha value is -1.58. The average Bonchev–Trinajstić information content (AvgIpc) is 2.45. The molecular formula is C16H23FN2O. The van der Waals surface area contributed by atoms with E-state index in [9.17, 15) is 9.18 Å². The van der Waals surface area contributed by atoms with Crippen LogP contribution in [0.25, 0.3) is 0 Å². The Morgan fingerprint density at radius 2 is 2.00 bits per heavy atom. The first-order chi connectivity index (χ1) is 9.58. The number of rotatable bonds is 4. The standard InChI is InChI=1S/C16H23FN2O/c1-11-14(17)9-6-10-15(11)18-12(2)16(20)19-13-7-4-3-5-8-13/h6,9-10,12-13,18H,3-5,7-8H2,1-2H3,(H,19,20). The molecule has 0 heterocycles. The van der Waals surface area contributed by atoms with Gasteiger partial charge in [-0.1, -0.05) is 25.3 Å². The van der Waals surface area contributed by atoms with Crippen LogP contribution >= 0.6 is 0 Å². The minimum absolute atomic E-state index is 0.0134. The highest BCUT2D eigenvalue weighted by molar-refractivity contribution is 5.84. The highest BCUT2D eigenvalue weighted by atomic mass is 19.1. The van der Waals surface area contributed by atoms with Crippen LogP contribution in [0.15, 0.2) is 18.2 Å². The summed E-state index contributed by atoms with van der Waals surface area (Å²) in [6.07, 6.45) is 5.78. The second-order valence-corrected chi connectivity index (χ2v) is 5.62. The number of benzene rings is 1. The molecule has 1 unspecified atom stereocenters. The third-order valence-electron chi connectivity index (χ3n) is 3.98. The molecule has 1 amide bonds. The molecule has 1 saturated carbocycles. The fourth-order valence-corrected chi connectivity index (χ4v) is 2.64. The highest BCUT2D eigenvalue weighted by Crippen LogP contribution is 2.19. The normalized spacial score (nSPS) is 17.6. The van der Waals surface area contributed by atoms with Crippen molar-refractivity contribution in [2.75, 3.05) is 5.32 Å². The van der Waals surface area contributed by atoms with Crippen LogP contribution in [-0.2, 0) is 4.79 Å². The van der Waals surface area contributed by atoms with Gasteiger partial charge >= 0.3 is 0 Å². The number of carbonyl (C=O) groups excluding carboxylic acids is 1. The van der Waals surface area contributed by atoms with Crippen molar-refractivity contribution in [3.05, 3.63) is 29.6 Å². The summed E-state index contributed by atoms with van der Waals surface area (Å²) in [5.41, 5.74) is 1.22. The fourth-order valence-electron chi connectivity index (χ4n) is 2.64. The summed E-state index contributed by atoms with van der Waals surface area (Å²) >= 11 is 0. The molecule has 3 nitrogen and oxygen atoms in total. The Bertz CT molecular complexity index is 470. The number of amides is 1. The lowest BCUT2D eigenvalue weighted by atomic mass is 9.95. The first-order valence-electron chi connectivity index (χ1n) is 7.40. The molecule has 2 N–H and O–H groups in total. The summed E-state index contributed by atoms with van der Waals surface area (Å²) in [6, 6.07) is 4.80. The molecule has 0 spiro atoms. The van der Waals surface area contributed by atoms with Crippen molar-refractivity contribution in [3.8, 4) is 0 Å². The summed E-state index contributed by atoms with van der Waals surface area (Å²) in [7, 11) is 0. The fraction of sp³-hybridized carbons (Fsp3) is 0.562. The van der Waals surface area contributed by atoms with Crippen LogP contribution in [0.2, 0.25) is 0 Å². The first-order valence-corrected chi connectivity index (χ1v) is 7.40. The molecule has 1 aliphatic rings. The van der Waals surface area contributed by atoms with Gasteiger partial charge in [-0.3, -0.25) is 4.79 Å². The number of carbonyl (C=O) groups is 1. The van der Waals surface area contributed by atoms with Gasteiger partial charge in [0.25, 0.3) is 0 Å². The molecular weight excluding hydrogens is 255 g/mol. The predicted octanol–water partition coefficient (Wildman–Crippen LogP) is 3.38. The van der Waals surface area contributed by atoms with E-state index in [0.717, 1.165) is 12.8 Å². The lowest BCUT2D eigenvalue weighted by molar-refractivity contribution is -0.122. The Kier molecular flexibility index (Phi) is 4.99. The minimum atomic E-state index is -0.363. The monoisotopic (exact) mass is 278 g/mol. The largest absolute Gasteiger partial charge is 0.374 e. The van der Waals surface area contributed by atoms with Gasteiger partial charge < -0.3 is 10.6 Å². The van der Waals surface area contributed by atoms with Gasteiger partial charge in [-0.25, -0.2) is 4.39 Å². The summed E-state index contributed by atoms with van der Waals surface area (Å²) < 4.78 is 13.5. The second kappa shape index (κ2) is 6.73. The topological polar surface area (TPSA) is 41.1 Å². The van der Waals surface area contributed by atoms with Crippen molar-refractivity contribution in [3.63, 3.8) is 0 Å². The molecule has 0 aliphatic heterocycles. The molecule has 0 radical (unpaired) electrons. The smallest absolute Gasteiger partial charge is 0.242 e. The van der Waals surface area contributed by atoms with E-state index < -0.39 is 0 Å². The SMILES string of the molecule is Cc1c(F)cccc1NC(C)C(=O)NC1CCCCC1. The van der Waals surface area contributed by atoms with E-state index in [2.05, 4.69) is 10.6 Å². The lowest BCUT2D eigenvalue weighted by Crippen LogP contribution is -2.44. The van der Waals surface area contributed by atoms with E-state index >= 15 is 0 Å². The van der Waals surface area contributed by atoms with Gasteiger partial charge in [-0.15, -0.1) is 0 Å². The Labute approximate surface area is 120 Å². The van der Waals surface area contributed by atoms with Gasteiger partial charge in [-0.05, 0) is 38.8 Å². The van der Waals surface area contributed by atoms with Gasteiger partial charge in [0, 0.05) is 17.3 Å². The number of hydrogen-bond donors (Lipinski definition) is 2. The molecule has 1 aliphatic carbocycles. The van der Waals surface area contributed by atoms with Crippen LogP contribution in [0, 0.1) is 12.7 Å². The molecule has 1 aromatic carbocycles. The molecule has 20 heavy (non-hydrogen) atoms. The van der Waals surface area contributed by atoms with E-state index in [1.54, 1.807) is 19.1 Å². The molecule has 0 saturated heterocycles. The third-order valence-corrected chi connectivity index (χ3v) is 3.98. The van der Waals surface area contributed by atoms with E-state index in [4.69, 9.17) is 0 Å². The van der Waals surface area contributed by atoms with Crippen LogP contribution in [0.3, 0.4) is 0 Å². The number of halogens is 1.